The third-order valence-corrected chi connectivity index (χ3v) is 4.95. The van der Waals surface area contributed by atoms with Gasteiger partial charge in [-0.25, -0.2) is 4.79 Å². The predicted octanol–water partition coefficient (Wildman–Crippen LogP) is -2.71. The number of rotatable bonds is 18. The number of carbonyl (C=O) groups excluding carboxylic acids is 5. The van der Waals surface area contributed by atoms with Crippen molar-refractivity contribution in [1.29, 1.82) is 0 Å². The summed E-state index contributed by atoms with van der Waals surface area (Å²) in [6.45, 7) is 3.50. The first-order chi connectivity index (χ1) is 16.6. The molecule has 0 saturated heterocycles. The number of nitrogens with one attached hydrogen (secondary N) is 3. The highest BCUT2D eigenvalue weighted by Crippen LogP contribution is 2.08. The zero-order valence-electron chi connectivity index (χ0n) is 20.3. The summed E-state index contributed by atoms with van der Waals surface area (Å²) in [6, 6.07) is -5.32. The van der Waals surface area contributed by atoms with E-state index in [1.165, 1.54) is 0 Å². The van der Waals surface area contributed by atoms with E-state index in [2.05, 4.69) is 16.0 Å². The van der Waals surface area contributed by atoms with Crippen molar-refractivity contribution in [3.8, 4) is 0 Å². The highest BCUT2D eigenvalue weighted by atomic mass is 16.4. The van der Waals surface area contributed by atoms with Crippen molar-refractivity contribution < 1.29 is 43.8 Å². The molecule has 0 spiro atoms. The van der Waals surface area contributed by atoms with Gasteiger partial charge in [-0.2, -0.15) is 0 Å². The van der Waals surface area contributed by atoms with Crippen molar-refractivity contribution in [2.45, 2.75) is 83.0 Å². The van der Waals surface area contributed by atoms with Crippen LogP contribution in [0.1, 0.15) is 58.8 Å². The van der Waals surface area contributed by atoms with Crippen LogP contribution < -0.4 is 33.2 Å². The predicted molar refractivity (Wildman–Crippen MR) is 125 cm³/mol. The fourth-order valence-electron chi connectivity index (χ4n) is 3.04. The average molecular weight is 517 g/mol. The van der Waals surface area contributed by atoms with E-state index >= 15 is 0 Å². The fraction of sp³-hybridized carbons (Fsp3) is 0.667. The van der Waals surface area contributed by atoms with E-state index in [0.717, 1.165) is 0 Å². The fourth-order valence-corrected chi connectivity index (χ4v) is 3.04. The van der Waals surface area contributed by atoms with Gasteiger partial charge in [-0.05, 0) is 31.6 Å². The van der Waals surface area contributed by atoms with Crippen LogP contribution in [0.3, 0.4) is 0 Å². The lowest BCUT2D eigenvalue weighted by atomic mass is 10.0. The Kier molecular flexibility index (Phi) is 14.4. The summed E-state index contributed by atoms with van der Waals surface area (Å²) in [5.74, 6) is -6.81. The second-order valence-corrected chi connectivity index (χ2v) is 8.70. The third-order valence-electron chi connectivity index (χ3n) is 4.95. The Bertz CT molecular complexity index is 833. The largest absolute Gasteiger partial charge is 0.481 e. The summed E-state index contributed by atoms with van der Waals surface area (Å²) < 4.78 is 0. The molecule has 0 aromatic heterocycles. The van der Waals surface area contributed by atoms with Crippen molar-refractivity contribution in [3.05, 3.63) is 0 Å². The van der Waals surface area contributed by atoms with Gasteiger partial charge in [0.05, 0.1) is 6.04 Å². The minimum Gasteiger partial charge on any atom is -0.481 e. The molecule has 5 amide bonds. The molecule has 0 aliphatic rings. The van der Waals surface area contributed by atoms with E-state index in [9.17, 15) is 38.7 Å². The Morgan fingerprint density at radius 1 is 0.667 bits per heavy atom. The molecule has 4 unspecified atom stereocenters. The molecular formula is C21H36N6O9. The van der Waals surface area contributed by atoms with Gasteiger partial charge in [-0.15, -0.1) is 0 Å². The summed E-state index contributed by atoms with van der Waals surface area (Å²) in [5.41, 5.74) is 15.9. The molecule has 0 bridgehead atoms. The smallest absolute Gasteiger partial charge is 0.326 e. The van der Waals surface area contributed by atoms with Gasteiger partial charge in [0.1, 0.15) is 18.1 Å². The number of hydrogen-bond acceptors (Lipinski definition) is 8. The zero-order chi connectivity index (χ0) is 28.0. The molecule has 0 aromatic carbocycles. The highest BCUT2D eigenvalue weighted by Gasteiger charge is 2.31. The summed E-state index contributed by atoms with van der Waals surface area (Å²) in [6.07, 6.45) is -1.70. The Hall–Kier alpha value is -3.75. The Morgan fingerprint density at radius 3 is 1.44 bits per heavy atom. The molecule has 0 aliphatic carbocycles. The van der Waals surface area contributed by atoms with Crippen molar-refractivity contribution in [2.24, 2.45) is 23.1 Å². The maximum absolute atomic E-state index is 12.9. The summed E-state index contributed by atoms with van der Waals surface area (Å²) in [7, 11) is 0. The van der Waals surface area contributed by atoms with E-state index in [1.807, 2.05) is 0 Å². The summed E-state index contributed by atoms with van der Waals surface area (Å²) in [4.78, 5) is 82.7. The first kappa shape index (κ1) is 32.2. The van der Waals surface area contributed by atoms with Crippen LogP contribution in [0, 0.1) is 5.92 Å². The average Bonchev–Trinajstić information content (AvgIpc) is 2.75. The summed E-state index contributed by atoms with van der Waals surface area (Å²) in [5, 5.41) is 25.1. The van der Waals surface area contributed by atoms with Crippen LogP contribution in [0.5, 0.6) is 0 Å². The molecule has 11 N–H and O–H groups in total. The number of carboxylic acids is 2. The molecule has 0 saturated carbocycles. The standard InChI is InChI=1S/C21H36N6O9/c1-10(2)9-14(21(35)36)27-20(34)13(5-7-16(24)29)26-19(33)12(4-6-15(23)28)25-18(32)11(22)3-8-17(30)31/h10-14H,3-9,22H2,1-2H3,(H2,23,28)(H2,24,29)(H,25,32)(H,26,33)(H,27,34)(H,30,31)(H,35,36). The minimum absolute atomic E-state index is 0.0798. The third kappa shape index (κ3) is 13.8. The normalized spacial score (nSPS) is 14.1. The molecular weight excluding hydrogens is 480 g/mol. The van der Waals surface area contributed by atoms with E-state index in [1.54, 1.807) is 13.8 Å². The highest BCUT2D eigenvalue weighted by molar-refractivity contribution is 5.94. The second-order valence-electron chi connectivity index (χ2n) is 8.70. The zero-order valence-corrected chi connectivity index (χ0v) is 20.3. The molecule has 0 aromatic rings. The molecule has 36 heavy (non-hydrogen) atoms. The van der Waals surface area contributed by atoms with Gasteiger partial charge in [-0.1, -0.05) is 13.8 Å². The molecule has 0 heterocycles. The lowest BCUT2D eigenvalue weighted by Crippen LogP contribution is -2.57. The van der Waals surface area contributed by atoms with Crippen molar-refractivity contribution >= 4 is 41.5 Å². The topological polar surface area (TPSA) is 274 Å². The van der Waals surface area contributed by atoms with Gasteiger partial charge in [0.25, 0.3) is 0 Å². The molecule has 204 valence electrons. The van der Waals surface area contributed by atoms with Crippen LogP contribution in [0.15, 0.2) is 0 Å². The van der Waals surface area contributed by atoms with E-state index < -0.39 is 72.1 Å². The van der Waals surface area contributed by atoms with Gasteiger partial charge in [0.2, 0.25) is 29.5 Å². The molecule has 15 nitrogen and oxygen atoms in total. The van der Waals surface area contributed by atoms with Crippen LogP contribution in [0.2, 0.25) is 0 Å². The quantitative estimate of drug-likeness (QED) is 0.0932. The second kappa shape index (κ2) is 16.0. The monoisotopic (exact) mass is 516 g/mol. The Labute approximate surface area is 207 Å². The van der Waals surface area contributed by atoms with Crippen molar-refractivity contribution in [1.82, 2.24) is 16.0 Å². The first-order valence-corrected chi connectivity index (χ1v) is 11.3. The number of primary amides is 2. The van der Waals surface area contributed by atoms with E-state index in [-0.39, 0.29) is 44.4 Å². The molecule has 15 heteroatoms. The number of carboxylic acid groups (broad SMARTS) is 2. The van der Waals surface area contributed by atoms with E-state index in [0.29, 0.717) is 0 Å². The minimum atomic E-state index is -1.40. The Morgan fingerprint density at radius 2 is 1.08 bits per heavy atom. The number of nitrogens with two attached hydrogens (primary N) is 3. The van der Waals surface area contributed by atoms with Crippen LogP contribution in [-0.2, 0) is 33.6 Å². The summed E-state index contributed by atoms with van der Waals surface area (Å²) >= 11 is 0. The maximum Gasteiger partial charge on any atom is 0.326 e. The van der Waals surface area contributed by atoms with Gasteiger partial charge in [0, 0.05) is 19.3 Å². The van der Waals surface area contributed by atoms with Crippen molar-refractivity contribution in [2.75, 3.05) is 0 Å². The van der Waals surface area contributed by atoms with Crippen LogP contribution >= 0.6 is 0 Å². The van der Waals surface area contributed by atoms with Gasteiger partial charge < -0.3 is 43.4 Å². The van der Waals surface area contributed by atoms with Gasteiger partial charge in [0.15, 0.2) is 0 Å². The number of carbonyl (C=O) groups is 7. The lowest BCUT2D eigenvalue weighted by Gasteiger charge is -2.25. The lowest BCUT2D eigenvalue weighted by molar-refractivity contribution is -0.143. The van der Waals surface area contributed by atoms with Crippen molar-refractivity contribution in [3.63, 3.8) is 0 Å². The number of amides is 5. The number of aliphatic carboxylic acids is 2. The molecule has 0 fully saturated rings. The van der Waals surface area contributed by atoms with E-state index in [4.69, 9.17) is 22.3 Å². The van der Waals surface area contributed by atoms with Crippen LogP contribution in [0.4, 0.5) is 0 Å². The number of hydrogen-bond donors (Lipinski definition) is 8. The van der Waals surface area contributed by atoms with Crippen LogP contribution in [0.25, 0.3) is 0 Å². The molecule has 0 radical (unpaired) electrons. The first-order valence-electron chi connectivity index (χ1n) is 11.3. The van der Waals surface area contributed by atoms with Gasteiger partial charge >= 0.3 is 11.9 Å². The Balaban J connectivity index is 5.63. The van der Waals surface area contributed by atoms with Crippen LogP contribution in [-0.4, -0.2) is 75.9 Å². The van der Waals surface area contributed by atoms with Gasteiger partial charge in [-0.3, -0.25) is 28.8 Å². The maximum atomic E-state index is 12.9. The molecule has 0 rings (SSSR count). The molecule has 0 aliphatic heterocycles. The molecule has 4 atom stereocenters. The SMILES string of the molecule is CC(C)CC(NC(=O)C(CCC(N)=O)NC(=O)C(CCC(N)=O)NC(=O)C(N)CCC(=O)O)C(=O)O.